The molecular weight excluding hydrogens is 467 g/mol. The summed E-state index contributed by atoms with van der Waals surface area (Å²) in [4.78, 5) is 26.1. The number of piperidine rings is 1. The lowest BCUT2D eigenvalue weighted by atomic mass is 10.0. The van der Waals surface area contributed by atoms with Crippen LogP contribution in [0.2, 0.25) is 0 Å². The molecule has 36 heavy (non-hydrogen) atoms. The molecule has 0 aliphatic carbocycles. The van der Waals surface area contributed by atoms with E-state index in [4.69, 9.17) is 4.74 Å². The van der Waals surface area contributed by atoms with Crippen molar-refractivity contribution in [2.45, 2.75) is 31.7 Å². The van der Waals surface area contributed by atoms with Gasteiger partial charge in [0.05, 0.1) is 29.7 Å². The largest absolute Gasteiger partial charge is 0.486 e. The number of carbonyl (C=O) groups is 1. The van der Waals surface area contributed by atoms with Gasteiger partial charge < -0.3 is 20.1 Å². The molecule has 12 heteroatoms. The van der Waals surface area contributed by atoms with Crippen LogP contribution < -0.4 is 10.1 Å². The van der Waals surface area contributed by atoms with Crippen LogP contribution in [0.1, 0.15) is 17.7 Å². The number of aliphatic hydroxyl groups excluding tert-OH is 1. The van der Waals surface area contributed by atoms with E-state index in [1.807, 2.05) is 14.0 Å². The molecule has 4 rings (SSSR count). The minimum atomic E-state index is -1.49. The summed E-state index contributed by atoms with van der Waals surface area (Å²) in [5, 5.41) is 26.6. The predicted octanol–water partition coefficient (Wildman–Crippen LogP) is 2.06. The Bertz CT molecular complexity index is 1320. The van der Waals surface area contributed by atoms with Crippen molar-refractivity contribution in [1.29, 1.82) is 5.26 Å². The number of nitrogens with zero attached hydrogens (tertiary/aromatic N) is 7. The number of amides is 1. The number of nitrogens with one attached hydrogen (secondary N) is 1. The van der Waals surface area contributed by atoms with E-state index in [2.05, 4.69) is 38.0 Å². The highest BCUT2D eigenvalue weighted by Crippen LogP contribution is 2.28. The summed E-state index contributed by atoms with van der Waals surface area (Å²) in [5.74, 6) is 0.280. The molecule has 186 valence electrons. The van der Waals surface area contributed by atoms with Gasteiger partial charge in [0.2, 0.25) is 5.95 Å². The topological polar surface area (TPSA) is 142 Å². The second-order valence-corrected chi connectivity index (χ2v) is 8.27. The van der Waals surface area contributed by atoms with Crippen LogP contribution in [0, 0.1) is 18.3 Å². The van der Waals surface area contributed by atoms with E-state index < -0.39 is 24.3 Å². The number of hydrogen-bond acceptors (Lipinski definition) is 9. The first kappa shape index (κ1) is 24.7. The van der Waals surface area contributed by atoms with E-state index in [0.717, 1.165) is 17.5 Å². The molecule has 0 radical (unpaired) electrons. The van der Waals surface area contributed by atoms with Crippen molar-refractivity contribution in [2.75, 3.05) is 18.4 Å². The fourth-order valence-corrected chi connectivity index (χ4v) is 3.76. The summed E-state index contributed by atoms with van der Waals surface area (Å²) in [6, 6.07) is 6.88. The molecule has 1 aromatic carbocycles. The van der Waals surface area contributed by atoms with Crippen LogP contribution in [0.4, 0.5) is 16.0 Å². The summed E-state index contributed by atoms with van der Waals surface area (Å²) in [5.41, 5.74) is 2.41. The summed E-state index contributed by atoms with van der Waals surface area (Å²) in [7, 11) is 1.83. The lowest BCUT2D eigenvalue weighted by Gasteiger charge is -2.35. The van der Waals surface area contributed by atoms with Gasteiger partial charge in [-0.2, -0.15) is 15.3 Å². The standard InChI is InChI=1S/C24H25FN8O3/c1-4-19(34)23(35)33-8-7-21(17(25)12-33)36-20-6-5-15(9-16(20)10-26)22-27-13-28-24(31-22)30-18-11-29-32(3)14(18)2/h4-6,9,11,13,17,19,21,34H,1,7-8,12H2,2-3H3,(H,27,28,30,31)/t17-,19+,21+/m1/s1. The Morgan fingerprint density at radius 3 is 2.92 bits per heavy atom. The maximum atomic E-state index is 14.8. The normalized spacial score (nSPS) is 18.2. The Labute approximate surface area is 206 Å². The molecule has 0 saturated carbocycles. The smallest absolute Gasteiger partial charge is 0.255 e. The molecule has 1 aliphatic heterocycles. The van der Waals surface area contributed by atoms with E-state index in [1.165, 1.54) is 11.2 Å². The van der Waals surface area contributed by atoms with Gasteiger partial charge in [-0.1, -0.05) is 12.7 Å². The second kappa shape index (κ2) is 10.5. The van der Waals surface area contributed by atoms with Crippen molar-refractivity contribution < 1.29 is 19.0 Å². The highest BCUT2D eigenvalue weighted by Gasteiger charge is 2.34. The number of rotatable bonds is 7. The van der Waals surface area contributed by atoms with Crippen LogP contribution in [0.5, 0.6) is 5.75 Å². The third kappa shape index (κ3) is 5.16. The molecule has 2 N–H and O–H groups in total. The molecular formula is C24H25FN8O3. The highest BCUT2D eigenvalue weighted by atomic mass is 19.1. The number of alkyl halides is 1. The monoisotopic (exact) mass is 492 g/mol. The average molecular weight is 493 g/mol. The molecule has 2 aromatic heterocycles. The lowest BCUT2D eigenvalue weighted by Crippen LogP contribution is -2.51. The number of halogens is 1. The maximum absolute atomic E-state index is 14.8. The third-order valence-electron chi connectivity index (χ3n) is 5.96. The van der Waals surface area contributed by atoms with E-state index >= 15 is 0 Å². The molecule has 3 heterocycles. The van der Waals surface area contributed by atoms with Crippen LogP contribution in [-0.4, -0.2) is 72.1 Å². The third-order valence-corrected chi connectivity index (χ3v) is 5.96. The minimum absolute atomic E-state index is 0.193. The first-order valence-electron chi connectivity index (χ1n) is 11.2. The first-order valence-corrected chi connectivity index (χ1v) is 11.2. The zero-order chi connectivity index (χ0) is 25.8. The molecule has 0 bridgehead atoms. The van der Waals surface area contributed by atoms with Gasteiger partial charge in [0.25, 0.3) is 5.91 Å². The quantitative estimate of drug-likeness (QED) is 0.474. The number of aliphatic hydroxyl groups is 1. The number of carbonyl (C=O) groups excluding carboxylic acids is 1. The first-order chi connectivity index (χ1) is 17.3. The van der Waals surface area contributed by atoms with Gasteiger partial charge in [-0.3, -0.25) is 9.48 Å². The van der Waals surface area contributed by atoms with Crippen molar-refractivity contribution in [3.05, 3.63) is 54.6 Å². The SMILES string of the molecule is C=C[C@H](O)C(=O)N1CC[C@H](Oc2ccc(-c3ncnc(Nc4cnn(C)c4C)n3)cc2C#N)[C@H](F)C1. The van der Waals surface area contributed by atoms with Crippen LogP contribution in [-0.2, 0) is 11.8 Å². The summed E-state index contributed by atoms with van der Waals surface area (Å²) in [6.07, 6.45) is 0.636. The van der Waals surface area contributed by atoms with Gasteiger partial charge in [0.1, 0.15) is 24.3 Å². The number of nitriles is 1. The van der Waals surface area contributed by atoms with Crippen LogP contribution in [0.25, 0.3) is 11.4 Å². The number of ether oxygens (including phenoxy) is 1. The number of anilines is 2. The zero-order valence-corrected chi connectivity index (χ0v) is 19.8. The van der Waals surface area contributed by atoms with Crippen molar-refractivity contribution >= 4 is 17.5 Å². The molecule has 3 aromatic rings. The summed E-state index contributed by atoms with van der Waals surface area (Å²) >= 11 is 0. The number of aryl methyl sites for hydroxylation is 1. The van der Waals surface area contributed by atoms with E-state index in [9.17, 15) is 19.6 Å². The molecule has 0 unspecified atom stereocenters. The Morgan fingerprint density at radius 2 is 2.25 bits per heavy atom. The van der Waals surface area contributed by atoms with Gasteiger partial charge in [0.15, 0.2) is 18.1 Å². The van der Waals surface area contributed by atoms with Crippen LogP contribution in [0.15, 0.2) is 43.4 Å². The minimum Gasteiger partial charge on any atom is -0.486 e. The summed E-state index contributed by atoms with van der Waals surface area (Å²) < 4.78 is 22.3. The second-order valence-electron chi connectivity index (χ2n) is 8.27. The van der Waals surface area contributed by atoms with Crippen LogP contribution in [0.3, 0.4) is 0 Å². The van der Waals surface area contributed by atoms with E-state index in [0.29, 0.717) is 17.3 Å². The van der Waals surface area contributed by atoms with Gasteiger partial charge in [-0.25, -0.2) is 14.4 Å². The Balaban J connectivity index is 1.48. The molecule has 1 aliphatic rings. The number of likely N-dealkylation sites (tertiary alicyclic amines) is 1. The zero-order valence-electron chi connectivity index (χ0n) is 19.8. The fourth-order valence-electron chi connectivity index (χ4n) is 3.76. The predicted molar refractivity (Wildman–Crippen MR) is 128 cm³/mol. The fraction of sp³-hybridized carbons (Fsp3) is 0.333. The number of aromatic nitrogens is 5. The Morgan fingerprint density at radius 1 is 1.44 bits per heavy atom. The van der Waals surface area contributed by atoms with Gasteiger partial charge >= 0.3 is 0 Å². The Hall–Kier alpha value is -4.37. The maximum Gasteiger partial charge on any atom is 0.255 e. The van der Waals surface area contributed by atoms with Crippen molar-refractivity contribution in [3.63, 3.8) is 0 Å². The van der Waals surface area contributed by atoms with Crippen molar-refractivity contribution in [3.8, 4) is 23.2 Å². The highest BCUT2D eigenvalue weighted by molar-refractivity contribution is 5.82. The van der Waals surface area contributed by atoms with E-state index in [-0.39, 0.29) is 30.8 Å². The van der Waals surface area contributed by atoms with Crippen molar-refractivity contribution in [1.82, 2.24) is 29.6 Å². The molecule has 1 saturated heterocycles. The molecule has 0 spiro atoms. The number of hydrogen-bond donors (Lipinski definition) is 2. The van der Waals surface area contributed by atoms with Gasteiger partial charge in [-0.15, -0.1) is 0 Å². The Kier molecular flexibility index (Phi) is 7.21. The van der Waals surface area contributed by atoms with Crippen molar-refractivity contribution in [2.24, 2.45) is 7.05 Å². The molecule has 1 amide bonds. The summed E-state index contributed by atoms with van der Waals surface area (Å²) in [6.45, 7) is 5.28. The van der Waals surface area contributed by atoms with Gasteiger partial charge in [-0.05, 0) is 25.1 Å². The lowest BCUT2D eigenvalue weighted by molar-refractivity contribution is -0.141. The number of benzene rings is 1. The molecule has 11 nitrogen and oxygen atoms in total. The van der Waals surface area contributed by atoms with E-state index in [1.54, 1.807) is 29.1 Å². The van der Waals surface area contributed by atoms with Crippen LogP contribution >= 0.6 is 0 Å². The molecule has 3 atom stereocenters. The molecule has 1 fully saturated rings. The average Bonchev–Trinajstić information content (AvgIpc) is 3.21. The van der Waals surface area contributed by atoms with Gasteiger partial charge in [0, 0.05) is 25.6 Å².